The normalized spacial score (nSPS) is 13.6. The van der Waals surface area contributed by atoms with Gasteiger partial charge in [0, 0.05) is 55.6 Å². The Hall–Kier alpha value is -5.50. The molecule has 0 radical (unpaired) electrons. The summed E-state index contributed by atoms with van der Waals surface area (Å²) in [6.07, 6.45) is -2.38. The fraction of sp³-hybridized carbons (Fsp3) is 0.537. The van der Waals surface area contributed by atoms with E-state index >= 15 is 0 Å². The molecule has 14 heteroatoms. The first-order chi connectivity index (χ1) is 43.9. The van der Waals surface area contributed by atoms with E-state index in [0.29, 0.717) is 11.1 Å². The number of ether oxygens (including phenoxy) is 8. The molecule has 6 aromatic carbocycles. The van der Waals surface area contributed by atoms with Crippen LogP contribution in [-0.4, -0.2) is 65.8 Å². The molecule has 0 bridgehead atoms. The van der Waals surface area contributed by atoms with E-state index in [1.165, 1.54) is 0 Å². The summed E-state index contributed by atoms with van der Waals surface area (Å²) >= 11 is 15.9. The number of carbonyl (C=O) groups excluding carboxylic acids is 2. The third-order valence-corrected chi connectivity index (χ3v) is 22.7. The molecule has 0 aromatic heterocycles. The van der Waals surface area contributed by atoms with Crippen LogP contribution in [0.3, 0.4) is 0 Å². The van der Waals surface area contributed by atoms with Gasteiger partial charge in [-0.15, -0.1) is 0 Å². The summed E-state index contributed by atoms with van der Waals surface area (Å²) in [4.78, 5) is 28.8. The quantitative estimate of drug-likeness (QED) is 0.0575. The maximum Gasteiger partial charge on any atom is 0.347 e. The monoisotopic (exact) mass is 1390 g/mol. The molecule has 0 aliphatic carbocycles. The Kier molecular flexibility index (Phi) is 24.3. The van der Waals surface area contributed by atoms with Crippen molar-refractivity contribution in [3.05, 3.63) is 127 Å². The zero-order valence-electron chi connectivity index (χ0n) is 64.2. The molecule has 0 saturated heterocycles. The van der Waals surface area contributed by atoms with Crippen LogP contribution in [0.2, 0.25) is 10.0 Å². The van der Waals surface area contributed by atoms with Crippen LogP contribution in [0.25, 0.3) is 11.1 Å². The van der Waals surface area contributed by atoms with Crippen molar-refractivity contribution in [2.75, 3.05) is 41.7 Å². The van der Waals surface area contributed by atoms with Gasteiger partial charge >= 0.3 is 11.9 Å². The van der Waals surface area contributed by atoms with Crippen LogP contribution in [0.5, 0.6) is 34.5 Å². The lowest BCUT2D eigenvalue weighted by Crippen LogP contribution is -2.33. The van der Waals surface area contributed by atoms with Gasteiger partial charge in [-0.25, -0.2) is 9.59 Å². The molecular weight excluding hydrogens is 1280 g/mol. The average molecular weight is 1390 g/mol. The summed E-state index contributed by atoms with van der Waals surface area (Å²) in [5.41, 5.74) is 5.83. The van der Waals surface area contributed by atoms with Crippen molar-refractivity contribution in [1.29, 1.82) is 0 Å². The average Bonchev–Trinajstić information content (AvgIpc) is 0.729. The first kappa shape index (κ1) is 79.5. The van der Waals surface area contributed by atoms with Gasteiger partial charge in [0.15, 0.2) is 12.2 Å². The minimum Gasteiger partial charge on any atom is -0.496 e. The van der Waals surface area contributed by atoms with Crippen LogP contribution in [0, 0.1) is 0 Å². The van der Waals surface area contributed by atoms with Gasteiger partial charge in [0.25, 0.3) is 0 Å². The molecule has 0 saturated carbocycles. The highest BCUT2D eigenvalue weighted by Crippen LogP contribution is 2.55. The van der Waals surface area contributed by atoms with Crippen molar-refractivity contribution in [2.45, 2.75) is 249 Å². The standard InChI is InChI=1S/C82H114Cl2O10P2/c1-33-91-73(85)47(3)93-71-61(83)35-37-63(95(49-39-53(75(5,6)7)67(87-29)54(40-49)76(8,9)10)50-41-55(77(11,12)13)68(88-30)56(42-50)78(14,15)16)65(71)66-64(38-36-62(84)72(66)94-48(4)74(86)92-34-2)96(51-43-57(79(17,18)19)69(89-31)58(44-51)80(20,21)22)52-45-59(81(23,24)25)70(90-32)60(46-52)82(26,27)28/h35-48H,33-34H2,1-32H3/t47-,48?/m0/s1. The molecule has 526 valence electrons. The van der Waals surface area contributed by atoms with Crippen LogP contribution in [-0.2, 0) is 62.4 Å². The molecule has 6 aromatic rings. The lowest BCUT2D eigenvalue weighted by Gasteiger charge is -2.36. The highest BCUT2D eigenvalue weighted by atomic mass is 35.5. The summed E-state index contributed by atoms with van der Waals surface area (Å²) in [5, 5.41) is 6.04. The molecule has 0 fully saturated rings. The van der Waals surface area contributed by atoms with Crippen LogP contribution in [0.15, 0.2) is 72.8 Å². The van der Waals surface area contributed by atoms with Gasteiger partial charge in [-0.05, 0) is 179 Å². The number of carbonyl (C=O) groups is 2. The Balaban J connectivity index is 2.19. The van der Waals surface area contributed by atoms with Gasteiger partial charge < -0.3 is 37.9 Å². The highest BCUT2D eigenvalue weighted by Gasteiger charge is 2.41. The zero-order chi connectivity index (χ0) is 72.9. The van der Waals surface area contributed by atoms with Gasteiger partial charge in [0.1, 0.15) is 34.5 Å². The molecule has 0 heterocycles. The van der Waals surface area contributed by atoms with Crippen LogP contribution >= 0.6 is 39.0 Å². The third-order valence-electron chi connectivity index (χ3n) is 17.3. The van der Waals surface area contributed by atoms with E-state index in [9.17, 15) is 9.59 Å². The lowest BCUT2D eigenvalue weighted by molar-refractivity contribution is -0.151. The lowest BCUT2D eigenvalue weighted by atomic mass is 9.79. The first-order valence-electron chi connectivity index (χ1n) is 33.8. The summed E-state index contributed by atoms with van der Waals surface area (Å²) < 4.78 is 52.3. The van der Waals surface area contributed by atoms with Gasteiger partial charge in [0.2, 0.25) is 0 Å². The maximum absolute atomic E-state index is 14.4. The van der Waals surface area contributed by atoms with E-state index in [1.807, 2.05) is 12.1 Å². The summed E-state index contributed by atoms with van der Waals surface area (Å²) in [5.74, 6) is 2.48. The molecule has 0 amide bonds. The van der Waals surface area contributed by atoms with Gasteiger partial charge in [0.05, 0.1) is 51.7 Å². The number of rotatable bonds is 19. The molecule has 2 atom stereocenters. The zero-order valence-corrected chi connectivity index (χ0v) is 67.5. The number of benzene rings is 6. The van der Waals surface area contributed by atoms with Crippen LogP contribution < -0.4 is 60.2 Å². The fourth-order valence-corrected chi connectivity index (χ4v) is 17.8. The smallest absolute Gasteiger partial charge is 0.347 e. The van der Waals surface area contributed by atoms with E-state index in [4.69, 9.17) is 61.1 Å². The molecule has 0 spiro atoms. The highest BCUT2D eigenvalue weighted by molar-refractivity contribution is 7.81. The van der Waals surface area contributed by atoms with E-state index in [2.05, 4.69) is 227 Å². The van der Waals surface area contributed by atoms with E-state index in [1.54, 1.807) is 56.1 Å². The van der Waals surface area contributed by atoms with Gasteiger partial charge in [-0.3, -0.25) is 0 Å². The molecule has 10 nitrogen and oxygen atoms in total. The Labute approximate surface area is 590 Å². The number of esters is 2. The van der Waals surface area contributed by atoms with Crippen LogP contribution in [0.1, 0.15) is 238 Å². The predicted octanol–water partition coefficient (Wildman–Crippen LogP) is 19.3. The Morgan fingerprint density at radius 1 is 0.344 bits per heavy atom. The van der Waals surface area contributed by atoms with E-state index < -0.39 is 83.3 Å². The molecule has 1 unspecified atom stereocenters. The number of methoxy groups -OCH3 is 4. The minimum atomic E-state index is -1.83. The fourth-order valence-electron chi connectivity index (χ4n) is 12.3. The van der Waals surface area contributed by atoms with Crippen molar-refractivity contribution in [2.24, 2.45) is 0 Å². The molecule has 96 heavy (non-hydrogen) atoms. The van der Waals surface area contributed by atoms with Gasteiger partial charge in [-0.2, -0.15) is 0 Å². The largest absolute Gasteiger partial charge is 0.496 e. The number of hydrogen-bond acceptors (Lipinski definition) is 10. The van der Waals surface area contributed by atoms with Gasteiger partial charge in [-0.1, -0.05) is 202 Å². The predicted molar refractivity (Wildman–Crippen MR) is 409 cm³/mol. The molecular formula is C82H114Cl2O10P2. The molecule has 6 rings (SSSR count). The minimum absolute atomic E-state index is 0.113. The Morgan fingerprint density at radius 2 is 0.531 bits per heavy atom. The molecule has 0 aliphatic rings. The maximum atomic E-state index is 14.4. The molecule has 0 aliphatic heterocycles. The number of hydrogen-bond donors (Lipinski definition) is 0. The van der Waals surface area contributed by atoms with Crippen molar-refractivity contribution in [3.8, 4) is 45.6 Å². The Bertz CT molecular complexity index is 3270. The summed E-state index contributed by atoms with van der Waals surface area (Å²) in [6.45, 7) is 60.5. The first-order valence-corrected chi connectivity index (χ1v) is 37.2. The van der Waals surface area contributed by atoms with Crippen molar-refractivity contribution >= 4 is 82.8 Å². The third kappa shape index (κ3) is 17.2. The Morgan fingerprint density at radius 3 is 0.688 bits per heavy atom. The SMILES string of the molecule is CCOC(=O)C(C)Oc1c(Cl)ccc(P(c2cc(C(C)(C)C)c(OC)c(C(C)(C)C)c2)c2cc(C(C)(C)C)c(OC)c(C(C)(C)C)c2)c1-c1c(P(c2cc(C(C)(C)C)c(OC)c(C(C)(C)C)c2)c2cc(C(C)(C)C)c(OC)c(C(C)(C)C)c2)ccc(Cl)c1O[C@@H](C)C(=O)OCC. The van der Waals surface area contributed by atoms with Crippen molar-refractivity contribution < 1.29 is 47.5 Å². The van der Waals surface area contributed by atoms with E-state index in [0.717, 1.165) is 99.3 Å². The van der Waals surface area contributed by atoms with E-state index in [-0.39, 0.29) is 34.8 Å². The van der Waals surface area contributed by atoms with Crippen molar-refractivity contribution in [3.63, 3.8) is 0 Å². The summed E-state index contributed by atoms with van der Waals surface area (Å²) in [6, 6.07) is 26.5. The second-order valence-corrected chi connectivity index (χ2v) is 38.7. The van der Waals surface area contributed by atoms with Crippen LogP contribution in [0.4, 0.5) is 0 Å². The summed E-state index contributed by atoms with van der Waals surface area (Å²) in [7, 11) is 3.37. The topological polar surface area (TPSA) is 108 Å². The second-order valence-electron chi connectivity index (χ2n) is 33.5. The number of halogens is 2. The molecule has 0 N–H and O–H groups in total. The second kappa shape index (κ2) is 29.4. The van der Waals surface area contributed by atoms with Crippen molar-refractivity contribution in [1.82, 2.24) is 0 Å².